The topological polar surface area (TPSA) is 29.5 Å². The van der Waals surface area contributed by atoms with Crippen molar-refractivity contribution in [2.75, 3.05) is 19.7 Å². The van der Waals surface area contributed by atoms with Gasteiger partial charge in [0.05, 0.1) is 6.61 Å². The van der Waals surface area contributed by atoms with Gasteiger partial charge in [0.2, 0.25) is 0 Å². The zero-order valence-electron chi connectivity index (χ0n) is 22.1. The van der Waals surface area contributed by atoms with Gasteiger partial charge in [-0.3, -0.25) is 9.69 Å². The Labute approximate surface area is 213 Å². The van der Waals surface area contributed by atoms with Gasteiger partial charge in [0.25, 0.3) is 0 Å². The molecule has 0 N–H and O–H groups in total. The van der Waals surface area contributed by atoms with E-state index in [9.17, 15) is 9.18 Å². The summed E-state index contributed by atoms with van der Waals surface area (Å²) in [5, 5.41) is 0. The quantitative estimate of drug-likeness (QED) is 0.316. The largest absolute Gasteiger partial charge is 0.466 e. The van der Waals surface area contributed by atoms with Crippen molar-refractivity contribution in [2.45, 2.75) is 115 Å². The normalized spacial score (nSPS) is 26.7. The van der Waals surface area contributed by atoms with Crippen LogP contribution in [0, 0.1) is 23.6 Å². The molecule has 0 amide bonds. The highest BCUT2D eigenvalue weighted by Crippen LogP contribution is 2.42. The third-order valence-electron chi connectivity index (χ3n) is 9.22. The van der Waals surface area contributed by atoms with Gasteiger partial charge in [0, 0.05) is 19.0 Å². The molecule has 3 aliphatic carbocycles. The first-order valence-electron chi connectivity index (χ1n) is 14.8. The van der Waals surface area contributed by atoms with Crippen LogP contribution in [0.15, 0.2) is 24.3 Å². The summed E-state index contributed by atoms with van der Waals surface area (Å²) in [6, 6.07) is 7.73. The van der Waals surface area contributed by atoms with E-state index >= 15 is 0 Å². The van der Waals surface area contributed by atoms with Crippen LogP contribution in [0.1, 0.15) is 115 Å². The lowest BCUT2D eigenvalue weighted by molar-refractivity contribution is -0.144. The van der Waals surface area contributed by atoms with Crippen molar-refractivity contribution in [3.8, 4) is 0 Å². The van der Waals surface area contributed by atoms with Crippen LogP contribution in [-0.2, 0) is 9.53 Å². The Morgan fingerprint density at radius 3 is 2.20 bits per heavy atom. The average Bonchev–Trinajstić information content (AvgIpc) is 2.88. The maximum Gasteiger partial charge on any atom is 0.306 e. The predicted molar refractivity (Wildman–Crippen MR) is 141 cm³/mol. The summed E-state index contributed by atoms with van der Waals surface area (Å²) in [7, 11) is 0. The number of hydrogen-bond donors (Lipinski definition) is 0. The number of esters is 1. The van der Waals surface area contributed by atoms with E-state index in [1.165, 1.54) is 89.3 Å². The van der Waals surface area contributed by atoms with E-state index in [0.717, 1.165) is 31.1 Å². The molecule has 3 atom stereocenters. The molecule has 3 aliphatic rings. The van der Waals surface area contributed by atoms with Crippen molar-refractivity contribution < 1.29 is 13.9 Å². The van der Waals surface area contributed by atoms with Gasteiger partial charge >= 0.3 is 5.97 Å². The summed E-state index contributed by atoms with van der Waals surface area (Å²) in [6.45, 7) is 4.75. The minimum absolute atomic E-state index is 0.0647. The van der Waals surface area contributed by atoms with Gasteiger partial charge in [-0.25, -0.2) is 4.39 Å². The van der Waals surface area contributed by atoms with Crippen LogP contribution in [0.4, 0.5) is 4.39 Å². The van der Waals surface area contributed by atoms with Crippen molar-refractivity contribution in [3.05, 3.63) is 35.6 Å². The smallest absolute Gasteiger partial charge is 0.306 e. The Balaban J connectivity index is 1.51. The molecule has 3 fully saturated rings. The lowest BCUT2D eigenvalue weighted by Gasteiger charge is -2.45. The summed E-state index contributed by atoms with van der Waals surface area (Å²) in [5.41, 5.74) is 1.25. The molecule has 35 heavy (non-hydrogen) atoms. The Kier molecular flexibility index (Phi) is 10.5. The molecular weight excluding hydrogens is 437 g/mol. The number of halogens is 1. The first-order chi connectivity index (χ1) is 17.1. The molecule has 0 saturated heterocycles. The Bertz CT molecular complexity index is 754. The van der Waals surface area contributed by atoms with Crippen LogP contribution in [0.25, 0.3) is 0 Å². The van der Waals surface area contributed by atoms with Gasteiger partial charge in [-0.2, -0.15) is 0 Å². The summed E-state index contributed by atoms with van der Waals surface area (Å²) < 4.78 is 19.1. The number of carbonyl (C=O) groups excluding carboxylic acids is 1. The fraction of sp³-hybridized carbons (Fsp3) is 0.774. The molecule has 0 unspecified atom stereocenters. The van der Waals surface area contributed by atoms with Crippen LogP contribution in [0.3, 0.4) is 0 Å². The van der Waals surface area contributed by atoms with Crippen LogP contribution in [0.2, 0.25) is 0 Å². The maximum atomic E-state index is 13.8. The summed E-state index contributed by atoms with van der Waals surface area (Å²) in [6.07, 6.45) is 19.0. The number of rotatable bonds is 10. The predicted octanol–water partition coefficient (Wildman–Crippen LogP) is 7.88. The number of benzene rings is 1. The average molecular weight is 486 g/mol. The zero-order valence-corrected chi connectivity index (χ0v) is 22.1. The fourth-order valence-electron chi connectivity index (χ4n) is 7.31. The molecule has 0 aromatic heterocycles. The second kappa shape index (κ2) is 13.8. The lowest BCUT2D eigenvalue weighted by atomic mass is 9.72. The van der Waals surface area contributed by atoms with Crippen molar-refractivity contribution in [1.82, 2.24) is 4.90 Å². The van der Waals surface area contributed by atoms with E-state index in [1.54, 1.807) is 12.1 Å². The van der Waals surface area contributed by atoms with Crippen LogP contribution in [-0.4, -0.2) is 36.6 Å². The highest BCUT2D eigenvalue weighted by molar-refractivity contribution is 5.69. The van der Waals surface area contributed by atoms with E-state index in [4.69, 9.17) is 4.74 Å². The fourth-order valence-corrected chi connectivity index (χ4v) is 7.31. The molecule has 0 spiro atoms. The van der Waals surface area contributed by atoms with Crippen molar-refractivity contribution in [3.63, 3.8) is 0 Å². The number of carbonyl (C=O) groups is 1. The molecule has 196 valence electrons. The molecule has 1 aromatic carbocycles. The molecule has 1 aromatic rings. The summed E-state index contributed by atoms with van der Waals surface area (Å²) in [4.78, 5) is 15.1. The van der Waals surface area contributed by atoms with E-state index in [2.05, 4.69) is 4.90 Å². The van der Waals surface area contributed by atoms with E-state index in [1.807, 2.05) is 19.1 Å². The molecule has 4 heteroatoms. The Morgan fingerprint density at radius 1 is 0.886 bits per heavy atom. The van der Waals surface area contributed by atoms with Gasteiger partial charge in [-0.05, 0) is 93.4 Å². The minimum Gasteiger partial charge on any atom is -0.466 e. The molecule has 0 aliphatic heterocycles. The molecule has 3 nitrogen and oxygen atoms in total. The number of nitrogens with zero attached hydrogens (tertiary/aromatic N) is 1. The molecule has 0 heterocycles. The standard InChI is InChI=1S/C31H48FNO2/c1-2-35-31(34)22-26-13-18-30(29(21-26)27-14-16-28(32)17-15-27)33(23-25-11-7-4-8-12-25)20-19-24-9-5-3-6-10-24/h14-17,24-26,29-30H,2-13,18-23H2,1H3/t26-,29+,30-/m1/s1. The SMILES string of the molecule is CCOC(=O)C[C@@H]1CC[C@@H](N(CCC2CCCCC2)CC2CCCCC2)[C@H](c2ccc(F)cc2)C1. The zero-order chi connectivity index (χ0) is 24.5. The van der Waals surface area contributed by atoms with E-state index < -0.39 is 0 Å². The lowest BCUT2D eigenvalue weighted by Crippen LogP contribution is -2.46. The third kappa shape index (κ3) is 8.03. The van der Waals surface area contributed by atoms with Crippen LogP contribution >= 0.6 is 0 Å². The van der Waals surface area contributed by atoms with Crippen LogP contribution in [0.5, 0.6) is 0 Å². The van der Waals surface area contributed by atoms with Gasteiger partial charge in [0.15, 0.2) is 0 Å². The first kappa shape index (κ1) is 26.6. The second-order valence-corrected chi connectivity index (χ2v) is 11.7. The van der Waals surface area contributed by atoms with E-state index in [0.29, 0.717) is 30.9 Å². The van der Waals surface area contributed by atoms with Crippen molar-refractivity contribution in [2.24, 2.45) is 17.8 Å². The van der Waals surface area contributed by atoms with Crippen molar-refractivity contribution >= 4 is 5.97 Å². The minimum atomic E-state index is -0.166. The third-order valence-corrected chi connectivity index (χ3v) is 9.22. The maximum absolute atomic E-state index is 13.8. The number of ether oxygens (including phenoxy) is 1. The Hall–Kier alpha value is -1.42. The Morgan fingerprint density at radius 2 is 1.54 bits per heavy atom. The van der Waals surface area contributed by atoms with Crippen LogP contribution < -0.4 is 0 Å². The highest BCUT2D eigenvalue weighted by atomic mass is 19.1. The molecule has 4 rings (SSSR count). The summed E-state index contributed by atoms with van der Waals surface area (Å²) in [5.74, 6) is 2.20. The monoisotopic (exact) mass is 485 g/mol. The van der Waals surface area contributed by atoms with Gasteiger partial charge in [-0.15, -0.1) is 0 Å². The second-order valence-electron chi connectivity index (χ2n) is 11.7. The summed E-state index contributed by atoms with van der Waals surface area (Å²) >= 11 is 0. The number of hydrogen-bond acceptors (Lipinski definition) is 3. The molecule has 0 bridgehead atoms. The van der Waals surface area contributed by atoms with Crippen molar-refractivity contribution in [1.29, 1.82) is 0 Å². The first-order valence-corrected chi connectivity index (χ1v) is 14.8. The molecule has 0 radical (unpaired) electrons. The van der Waals surface area contributed by atoms with E-state index in [-0.39, 0.29) is 11.8 Å². The van der Waals surface area contributed by atoms with Gasteiger partial charge < -0.3 is 4.74 Å². The van der Waals surface area contributed by atoms with Gasteiger partial charge in [-0.1, -0.05) is 63.5 Å². The van der Waals surface area contributed by atoms with Gasteiger partial charge in [0.1, 0.15) is 5.82 Å². The highest BCUT2D eigenvalue weighted by Gasteiger charge is 2.37. The molecular formula is C31H48FNO2. The molecule has 3 saturated carbocycles.